The van der Waals surface area contributed by atoms with Crippen LogP contribution < -0.4 is 0 Å². The van der Waals surface area contributed by atoms with Gasteiger partial charge >= 0.3 is 0 Å². The Labute approximate surface area is 81.6 Å². The number of hydrogen-bond donors (Lipinski definition) is 1. The van der Waals surface area contributed by atoms with Gasteiger partial charge < -0.3 is 5.11 Å². The summed E-state index contributed by atoms with van der Waals surface area (Å²) in [6.45, 7) is 6.25. The molecule has 0 amide bonds. The van der Waals surface area contributed by atoms with Crippen molar-refractivity contribution in [2.45, 2.75) is 32.4 Å². The van der Waals surface area contributed by atoms with Crippen molar-refractivity contribution in [1.29, 1.82) is 0 Å². The van der Waals surface area contributed by atoms with Crippen molar-refractivity contribution in [3.05, 3.63) is 24.8 Å². The number of unbranched alkanes of at least 4 members (excludes halogenated alkanes) is 2. The fourth-order valence-corrected chi connectivity index (χ4v) is 0.891. The van der Waals surface area contributed by atoms with E-state index in [2.05, 4.69) is 18.7 Å². The quantitative estimate of drug-likeness (QED) is 0.371. The Kier molecular flexibility index (Phi) is 7.65. The van der Waals surface area contributed by atoms with Crippen LogP contribution in [0.4, 0.5) is 0 Å². The van der Waals surface area contributed by atoms with E-state index < -0.39 is 0 Å². The highest BCUT2D eigenvalue weighted by Gasteiger charge is 1.99. The lowest BCUT2D eigenvalue weighted by Gasteiger charge is -2.17. The second-order valence-electron chi connectivity index (χ2n) is 3.26. The van der Waals surface area contributed by atoms with Gasteiger partial charge in [-0.2, -0.15) is 0 Å². The molecule has 0 rings (SSSR count). The molecule has 0 saturated heterocycles. The smallest absolute Gasteiger partial charge is 0.104 e. The van der Waals surface area contributed by atoms with Gasteiger partial charge in [-0.05, 0) is 33.2 Å². The highest BCUT2D eigenvalue weighted by atomic mass is 16.3. The second kappa shape index (κ2) is 8.02. The number of hydrogen-bond acceptors (Lipinski definition) is 2. The second-order valence-corrected chi connectivity index (χ2v) is 3.26. The van der Waals surface area contributed by atoms with E-state index in [1.807, 2.05) is 18.0 Å². The van der Waals surface area contributed by atoms with Gasteiger partial charge in [0.05, 0.1) is 0 Å². The molecule has 76 valence electrons. The number of allylic oxidation sites excluding steroid dienone is 2. The van der Waals surface area contributed by atoms with Gasteiger partial charge in [0.25, 0.3) is 0 Å². The maximum Gasteiger partial charge on any atom is 0.104 e. The van der Waals surface area contributed by atoms with Crippen molar-refractivity contribution >= 4 is 0 Å². The molecule has 0 aliphatic carbocycles. The Morgan fingerprint density at radius 1 is 1.38 bits per heavy atom. The summed E-state index contributed by atoms with van der Waals surface area (Å²) in [6.07, 6.45) is 9.17. The minimum absolute atomic E-state index is 0.363. The van der Waals surface area contributed by atoms with Crippen molar-refractivity contribution < 1.29 is 5.11 Å². The Morgan fingerprint density at radius 3 is 2.62 bits per heavy atom. The number of aliphatic hydroxyl groups excluding tert-OH is 1. The fraction of sp³-hybridized carbons (Fsp3) is 0.636. The van der Waals surface area contributed by atoms with E-state index in [0.29, 0.717) is 0 Å². The Hall–Kier alpha value is -0.600. The number of aliphatic hydroxyl groups is 1. The molecule has 1 unspecified atom stereocenters. The van der Waals surface area contributed by atoms with Gasteiger partial charge in [0.15, 0.2) is 0 Å². The summed E-state index contributed by atoms with van der Waals surface area (Å²) in [5.41, 5.74) is 0. The molecule has 2 heteroatoms. The number of likely N-dealkylation sites (N-methyl/N-ethyl adjacent to an activating group) is 1. The van der Waals surface area contributed by atoms with Crippen LogP contribution in [0.15, 0.2) is 24.8 Å². The van der Waals surface area contributed by atoms with Crippen molar-refractivity contribution in [3.63, 3.8) is 0 Å². The van der Waals surface area contributed by atoms with E-state index >= 15 is 0 Å². The molecule has 0 aliphatic rings. The van der Waals surface area contributed by atoms with Gasteiger partial charge in [-0.3, -0.25) is 4.90 Å². The van der Waals surface area contributed by atoms with Gasteiger partial charge in [-0.25, -0.2) is 0 Å². The molecule has 0 aliphatic heterocycles. The van der Waals surface area contributed by atoms with Crippen LogP contribution >= 0.6 is 0 Å². The molecule has 0 saturated carbocycles. The third-order valence-corrected chi connectivity index (χ3v) is 1.98. The zero-order valence-electron chi connectivity index (χ0n) is 8.74. The summed E-state index contributed by atoms with van der Waals surface area (Å²) in [4.78, 5) is 1.88. The largest absolute Gasteiger partial charge is 0.379 e. The summed E-state index contributed by atoms with van der Waals surface area (Å²) in [5, 5.41) is 9.14. The first kappa shape index (κ1) is 12.4. The van der Waals surface area contributed by atoms with Crippen LogP contribution in [0, 0.1) is 0 Å². The first-order chi connectivity index (χ1) is 6.18. The third kappa shape index (κ3) is 7.75. The normalized spacial score (nSPS) is 13.8. The van der Waals surface area contributed by atoms with Gasteiger partial charge in [-0.1, -0.05) is 18.2 Å². The molecule has 0 spiro atoms. The SMILES string of the molecule is C=CCCC/C=C/CN(C)C(C)O. The standard InChI is InChI=1S/C11H21NO/c1-4-5-6-7-8-9-10-12(3)11(2)13/h4,8-9,11,13H,1,5-7,10H2,2-3H3/b9-8+. The van der Waals surface area contributed by atoms with Crippen LogP contribution in [0.1, 0.15) is 26.2 Å². The fourth-order valence-electron chi connectivity index (χ4n) is 0.891. The molecule has 2 nitrogen and oxygen atoms in total. The molecular weight excluding hydrogens is 162 g/mol. The number of rotatable bonds is 7. The molecule has 1 atom stereocenters. The van der Waals surface area contributed by atoms with Gasteiger partial charge in [0.2, 0.25) is 0 Å². The maximum absolute atomic E-state index is 9.14. The van der Waals surface area contributed by atoms with Crippen LogP contribution in [0.2, 0.25) is 0 Å². The first-order valence-corrected chi connectivity index (χ1v) is 4.82. The average Bonchev–Trinajstić information content (AvgIpc) is 2.10. The zero-order chi connectivity index (χ0) is 10.1. The molecular formula is C11H21NO. The lowest BCUT2D eigenvalue weighted by Crippen LogP contribution is -2.28. The average molecular weight is 183 g/mol. The van der Waals surface area contributed by atoms with E-state index in [9.17, 15) is 0 Å². The topological polar surface area (TPSA) is 23.5 Å². The van der Waals surface area contributed by atoms with Gasteiger partial charge in [0.1, 0.15) is 6.23 Å². The molecule has 0 bridgehead atoms. The highest BCUT2D eigenvalue weighted by molar-refractivity contribution is 4.85. The molecule has 0 fully saturated rings. The molecule has 0 radical (unpaired) electrons. The van der Waals surface area contributed by atoms with Gasteiger partial charge in [0, 0.05) is 6.54 Å². The Morgan fingerprint density at radius 2 is 2.08 bits per heavy atom. The molecule has 1 N–H and O–H groups in total. The van der Waals surface area contributed by atoms with Crippen molar-refractivity contribution in [1.82, 2.24) is 4.90 Å². The van der Waals surface area contributed by atoms with Crippen LogP contribution in [-0.2, 0) is 0 Å². The predicted octanol–water partition coefficient (Wildman–Crippen LogP) is 2.17. The first-order valence-electron chi connectivity index (χ1n) is 4.82. The summed E-state index contributed by atoms with van der Waals surface area (Å²) in [5.74, 6) is 0. The molecule has 0 heterocycles. The minimum Gasteiger partial charge on any atom is -0.379 e. The highest BCUT2D eigenvalue weighted by Crippen LogP contribution is 1.97. The lowest BCUT2D eigenvalue weighted by atomic mass is 10.2. The summed E-state index contributed by atoms with van der Waals surface area (Å²) < 4.78 is 0. The molecule has 0 aromatic rings. The van der Waals surface area contributed by atoms with E-state index in [1.165, 1.54) is 6.42 Å². The van der Waals surface area contributed by atoms with Crippen molar-refractivity contribution in [2.24, 2.45) is 0 Å². The monoisotopic (exact) mass is 183 g/mol. The van der Waals surface area contributed by atoms with E-state index in [1.54, 1.807) is 6.92 Å². The van der Waals surface area contributed by atoms with Crippen molar-refractivity contribution in [3.8, 4) is 0 Å². The Balaban J connectivity index is 3.35. The summed E-state index contributed by atoms with van der Waals surface area (Å²) in [7, 11) is 1.90. The minimum atomic E-state index is -0.363. The zero-order valence-corrected chi connectivity index (χ0v) is 8.74. The molecule has 0 aromatic carbocycles. The molecule has 0 aromatic heterocycles. The van der Waals surface area contributed by atoms with Crippen LogP contribution in [-0.4, -0.2) is 29.8 Å². The third-order valence-electron chi connectivity index (χ3n) is 1.98. The number of nitrogens with zero attached hydrogens (tertiary/aromatic N) is 1. The van der Waals surface area contributed by atoms with E-state index in [-0.39, 0.29) is 6.23 Å². The van der Waals surface area contributed by atoms with Gasteiger partial charge in [-0.15, -0.1) is 6.58 Å². The predicted molar refractivity (Wildman–Crippen MR) is 57.5 cm³/mol. The van der Waals surface area contributed by atoms with Crippen molar-refractivity contribution in [2.75, 3.05) is 13.6 Å². The maximum atomic E-state index is 9.14. The summed E-state index contributed by atoms with van der Waals surface area (Å²) >= 11 is 0. The molecule has 13 heavy (non-hydrogen) atoms. The lowest BCUT2D eigenvalue weighted by molar-refractivity contribution is 0.0469. The summed E-state index contributed by atoms with van der Waals surface area (Å²) in [6, 6.07) is 0. The van der Waals surface area contributed by atoms with Crippen LogP contribution in [0.3, 0.4) is 0 Å². The van der Waals surface area contributed by atoms with Crippen LogP contribution in [0.5, 0.6) is 0 Å². The van der Waals surface area contributed by atoms with E-state index in [4.69, 9.17) is 5.11 Å². The van der Waals surface area contributed by atoms with E-state index in [0.717, 1.165) is 19.4 Å². The van der Waals surface area contributed by atoms with Crippen LogP contribution in [0.25, 0.3) is 0 Å². The Bertz CT molecular complexity index is 152.